The Hall–Kier alpha value is -3.42. The van der Waals surface area contributed by atoms with Crippen molar-refractivity contribution < 1.29 is 9.50 Å². The molecule has 31 heavy (non-hydrogen) atoms. The molecule has 3 heterocycles. The molecule has 2 aliphatic heterocycles. The smallest absolute Gasteiger partial charge is 0.125 e. The van der Waals surface area contributed by atoms with Crippen LogP contribution in [-0.4, -0.2) is 40.2 Å². The fraction of sp³-hybridized carbons (Fsp3) is 0.348. The van der Waals surface area contributed by atoms with Crippen molar-refractivity contribution >= 4 is 11.4 Å². The van der Waals surface area contributed by atoms with Gasteiger partial charge in [0.1, 0.15) is 17.4 Å². The van der Waals surface area contributed by atoms with E-state index in [1.165, 1.54) is 18.2 Å². The highest BCUT2D eigenvalue weighted by molar-refractivity contribution is 5.70. The SMILES string of the molecule is CC.NC(N)=C(/C=C(\N)c1cc(F)ccc1O)N1CC2CCC(C1)N2c1ccncc1. The summed E-state index contributed by atoms with van der Waals surface area (Å²) >= 11 is 0. The molecule has 1 aromatic carbocycles. The molecule has 0 aliphatic carbocycles. The summed E-state index contributed by atoms with van der Waals surface area (Å²) in [5.74, 6) is -0.442. The molecule has 2 fully saturated rings. The van der Waals surface area contributed by atoms with E-state index in [-0.39, 0.29) is 22.8 Å². The van der Waals surface area contributed by atoms with E-state index in [0.717, 1.165) is 31.6 Å². The molecule has 2 atom stereocenters. The Morgan fingerprint density at radius 3 is 2.26 bits per heavy atom. The van der Waals surface area contributed by atoms with Gasteiger partial charge in [-0.2, -0.15) is 0 Å². The van der Waals surface area contributed by atoms with Crippen LogP contribution in [0.3, 0.4) is 0 Å². The van der Waals surface area contributed by atoms with Crippen molar-refractivity contribution in [1.82, 2.24) is 9.88 Å². The zero-order valence-electron chi connectivity index (χ0n) is 18.0. The first-order chi connectivity index (χ1) is 14.9. The lowest BCUT2D eigenvalue weighted by Gasteiger charge is -2.44. The molecule has 1 aromatic heterocycles. The van der Waals surface area contributed by atoms with Crippen LogP contribution in [0.2, 0.25) is 0 Å². The minimum Gasteiger partial charge on any atom is -0.507 e. The van der Waals surface area contributed by atoms with Gasteiger partial charge in [-0.25, -0.2) is 4.39 Å². The van der Waals surface area contributed by atoms with Gasteiger partial charge in [-0.3, -0.25) is 4.98 Å². The quantitative estimate of drug-likeness (QED) is 0.555. The standard InChI is InChI=1S/C21H25FN6O.C2H6/c22-13-1-4-20(29)17(9-13)18(23)10-19(21(24)25)27-11-15-2-3-16(12-27)28(15)14-5-7-26-8-6-14;1-2/h1,4-10,15-16,29H,2-3,11-12,23-25H2;1-2H3/b18-10-;. The third kappa shape index (κ3) is 4.68. The van der Waals surface area contributed by atoms with Gasteiger partial charge in [0.2, 0.25) is 0 Å². The second-order valence-electron chi connectivity index (χ2n) is 7.50. The predicted molar refractivity (Wildman–Crippen MR) is 122 cm³/mol. The molecule has 7 nitrogen and oxygen atoms in total. The maximum Gasteiger partial charge on any atom is 0.125 e. The van der Waals surface area contributed by atoms with Gasteiger partial charge in [0.25, 0.3) is 0 Å². The van der Waals surface area contributed by atoms with E-state index in [9.17, 15) is 9.50 Å². The molecule has 2 aromatic rings. The van der Waals surface area contributed by atoms with Crippen LogP contribution in [0.15, 0.2) is 60.3 Å². The first kappa shape index (κ1) is 22.3. The van der Waals surface area contributed by atoms with Gasteiger partial charge in [0.05, 0.1) is 5.70 Å². The minimum absolute atomic E-state index is 0.0994. The highest BCUT2D eigenvalue weighted by Crippen LogP contribution is 2.36. The summed E-state index contributed by atoms with van der Waals surface area (Å²) in [7, 11) is 0. The second kappa shape index (κ2) is 9.59. The number of nitrogens with zero attached hydrogens (tertiary/aromatic N) is 3. The Morgan fingerprint density at radius 2 is 1.68 bits per heavy atom. The summed E-state index contributed by atoms with van der Waals surface area (Å²) in [5.41, 5.74) is 20.3. The Morgan fingerprint density at radius 1 is 1.06 bits per heavy atom. The number of pyridine rings is 1. The van der Waals surface area contributed by atoms with Crippen LogP contribution in [0.25, 0.3) is 5.70 Å². The highest BCUT2D eigenvalue weighted by Gasteiger charge is 2.40. The van der Waals surface area contributed by atoms with E-state index in [4.69, 9.17) is 17.2 Å². The molecular weight excluding hydrogens is 395 g/mol. The average molecular weight is 427 g/mol. The normalized spacial score (nSPS) is 20.2. The summed E-state index contributed by atoms with van der Waals surface area (Å²) in [4.78, 5) is 8.67. The first-order valence-corrected chi connectivity index (χ1v) is 10.6. The summed E-state index contributed by atoms with van der Waals surface area (Å²) < 4.78 is 13.6. The topological polar surface area (TPSA) is 118 Å². The number of rotatable bonds is 4. The van der Waals surface area contributed by atoms with Gasteiger partial charge in [-0.05, 0) is 49.2 Å². The third-order valence-electron chi connectivity index (χ3n) is 5.64. The minimum atomic E-state index is -0.482. The largest absolute Gasteiger partial charge is 0.507 e. The number of anilines is 1. The lowest BCUT2D eigenvalue weighted by atomic mass is 10.1. The molecule has 2 saturated heterocycles. The Kier molecular flexibility index (Phi) is 6.89. The summed E-state index contributed by atoms with van der Waals surface area (Å²) in [6.07, 6.45) is 7.38. The van der Waals surface area contributed by atoms with Gasteiger partial charge >= 0.3 is 0 Å². The number of phenols is 1. The summed E-state index contributed by atoms with van der Waals surface area (Å²) in [6, 6.07) is 8.34. The molecule has 0 saturated carbocycles. The Bertz CT molecular complexity index is 944. The van der Waals surface area contributed by atoms with Crippen LogP contribution in [-0.2, 0) is 0 Å². The van der Waals surface area contributed by atoms with Gasteiger partial charge in [-0.15, -0.1) is 0 Å². The van der Waals surface area contributed by atoms with Gasteiger partial charge in [0.15, 0.2) is 0 Å². The zero-order chi connectivity index (χ0) is 22.5. The number of hydrogen-bond donors (Lipinski definition) is 4. The molecule has 0 amide bonds. The van der Waals surface area contributed by atoms with Crippen LogP contribution < -0.4 is 22.1 Å². The molecule has 2 bridgehead atoms. The Labute approximate surface area is 182 Å². The molecule has 0 radical (unpaired) electrons. The number of allylic oxidation sites excluding steroid dienone is 1. The first-order valence-electron chi connectivity index (χ1n) is 10.6. The van der Waals surface area contributed by atoms with E-state index < -0.39 is 5.82 Å². The molecule has 7 N–H and O–H groups in total. The number of likely N-dealkylation sites (tertiary alicyclic amines) is 1. The van der Waals surface area contributed by atoms with Crippen molar-refractivity contribution in [2.24, 2.45) is 17.2 Å². The van der Waals surface area contributed by atoms with Crippen LogP contribution in [0.5, 0.6) is 5.75 Å². The zero-order valence-corrected chi connectivity index (χ0v) is 18.0. The van der Waals surface area contributed by atoms with Crippen molar-refractivity contribution in [2.45, 2.75) is 38.8 Å². The van der Waals surface area contributed by atoms with Crippen LogP contribution in [0.1, 0.15) is 32.3 Å². The van der Waals surface area contributed by atoms with E-state index >= 15 is 0 Å². The van der Waals surface area contributed by atoms with Gasteiger partial charge in [-0.1, -0.05) is 13.8 Å². The van der Waals surface area contributed by atoms with Crippen molar-refractivity contribution in [3.8, 4) is 5.75 Å². The molecule has 0 spiro atoms. The average Bonchev–Trinajstić information content (AvgIpc) is 3.04. The number of nitrogens with two attached hydrogens (primary N) is 3. The van der Waals surface area contributed by atoms with Gasteiger partial charge in [0, 0.05) is 54.5 Å². The van der Waals surface area contributed by atoms with Crippen LogP contribution >= 0.6 is 0 Å². The number of halogens is 1. The number of piperazine rings is 1. The number of phenolic OH excluding ortho intramolecular Hbond substituents is 1. The fourth-order valence-electron chi connectivity index (χ4n) is 4.36. The second-order valence-corrected chi connectivity index (χ2v) is 7.50. The van der Waals surface area contributed by atoms with E-state index in [1.807, 2.05) is 26.0 Å². The van der Waals surface area contributed by atoms with E-state index in [1.54, 1.807) is 18.5 Å². The molecule has 166 valence electrons. The van der Waals surface area contributed by atoms with Crippen molar-refractivity contribution in [1.29, 1.82) is 0 Å². The van der Waals surface area contributed by atoms with Crippen molar-refractivity contribution in [3.63, 3.8) is 0 Å². The Balaban J connectivity index is 0.00000132. The van der Waals surface area contributed by atoms with Gasteiger partial charge < -0.3 is 32.1 Å². The van der Waals surface area contributed by atoms with Crippen molar-refractivity contribution in [2.75, 3.05) is 18.0 Å². The number of aromatic hydroxyl groups is 1. The lowest BCUT2D eigenvalue weighted by Crippen LogP contribution is -2.53. The highest BCUT2D eigenvalue weighted by atomic mass is 19.1. The summed E-state index contributed by atoms with van der Waals surface area (Å²) in [6.45, 7) is 5.48. The molecule has 2 aliphatic rings. The van der Waals surface area contributed by atoms with Crippen LogP contribution in [0.4, 0.5) is 10.1 Å². The fourth-order valence-corrected chi connectivity index (χ4v) is 4.36. The van der Waals surface area contributed by atoms with E-state index in [0.29, 0.717) is 17.8 Å². The predicted octanol–water partition coefficient (Wildman–Crippen LogP) is 2.69. The molecule has 2 unspecified atom stereocenters. The maximum atomic E-state index is 13.6. The summed E-state index contributed by atoms with van der Waals surface area (Å²) in [5, 5.41) is 10.0. The van der Waals surface area contributed by atoms with E-state index in [2.05, 4.69) is 14.8 Å². The third-order valence-corrected chi connectivity index (χ3v) is 5.64. The monoisotopic (exact) mass is 426 g/mol. The maximum absolute atomic E-state index is 13.6. The molecule has 4 rings (SSSR count). The number of hydrogen-bond acceptors (Lipinski definition) is 7. The number of fused-ring (bicyclic) bond motifs is 2. The molecular formula is C23H31FN6O. The van der Waals surface area contributed by atoms with Crippen molar-refractivity contribution in [3.05, 3.63) is 71.7 Å². The molecule has 8 heteroatoms. The number of benzene rings is 1. The van der Waals surface area contributed by atoms with Crippen LogP contribution in [0, 0.1) is 5.82 Å². The lowest BCUT2D eigenvalue weighted by molar-refractivity contribution is 0.277. The number of aromatic nitrogens is 1.